The highest BCUT2D eigenvalue weighted by atomic mass is 19.4. The maximum atomic E-state index is 14.0. The van der Waals surface area contributed by atoms with Crippen LogP contribution >= 0.6 is 0 Å². The minimum absolute atomic E-state index is 0.169. The molecule has 32 heavy (non-hydrogen) atoms. The van der Waals surface area contributed by atoms with Gasteiger partial charge in [0.05, 0.1) is 23.8 Å². The summed E-state index contributed by atoms with van der Waals surface area (Å²) in [5.74, 6) is -0.257. The summed E-state index contributed by atoms with van der Waals surface area (Å²) >= 11 is 0. The van der Waals surface area contributed by atoms with Crippen molar-refractivity contribution in [1.82, 2.24) is 20.2 Å². The van der Waals surface area contributed by atoms with Crippen molar-refractivity contribution in [2.45, 2.75) is 51.9 Å². The standard InChI is InChI=1S/C22H27F4N5O/c1-13(2)9-20-28-11-15-6-8-31(12-19(15)29-20)21(32)30-18(5-7-27)14-3-4-16(17(23)10-14)22(24,25)26/h3-4,10-11,13,18H,5-9,12,27H2,1-2H3,(H,30,32)/t18-/m1/s1. The van der Waals surface area contributed by atoms with Crippen LogP contribution in [0.2, 0.25) is 0 Å². The highest BCUT2D eigenvalue weighted by Crippen LogP contribution is 2.33. The second kappa shape index (κ2) is 9.81. The fourth-order valence-electron chi connectivity index (χ4n) is 3.69. The monoisotopic (exact) mass is 453 g/mol. The van der Waals surface area contributed by atoms with E-state index in [0.29, 0.717) is 31.5 Å². The van der Waals surface area contributed by atoms with Crippen molar-refractivity contribution in [2.75, 3.05) is 13.1 Å². The van der Waals surface area contributed by atoms with Gasteiger partial charge in [-0.05, 0) is 48.6 Å². The minimum atomic E-state index is -4.79. The van der Waals surface area contributed by atoms with Crippen LogP contribution in [0.5, 0.6) is 0 Å². The van der Waals surface area contributed by atoms with Crippen molar-refractivity contribution in [3.63, 3.8) is 0 Å². The number of rotatable bonds is 6. The molecule has 1 atom stereocenters. The molecular formula is C22H27F4N5O. The Hall–Kier alpha value is -2.75. The molecule has 0 saturated carbocycles. The second-order valence-electron chi connectivity index (χ2n) is 8.34. The second-order valence-corrected chi connectivity index (χ2v) is 8.34. The van der Waals surface area contributed by atoms with E-state index in [1.807, 2.05) is 0 Å². The molecule has 1 aliphatic rings. The van der Waals surface area contributed by atoms with Gasteiger partial charge in [0.1, 0.15) is 11.6 Å². The Balaban J connectivity index is 1.74. The SMILES string of the molecule is CC(C)Cc1ncc2c(n1)CN(C(=O)N[C@H](CCN)c1ccc(C(F)(F)F)c(F)c1)CC2. The number of aromatic nitrogens is 2. The zero-order valence-electron chi connectivity index (χ0n) is 18.0. The molecule has 3 rings (SSSR count). The quantitative estimate of drug-likeness (QED) is 0.648. The van der Waals surface area contributed by atoms with Gasteiger partial charge in [0.2, 0.25) is 0 Å². The smallest absolute Gasteiger partial charge is 0.331 e. The summed E-state index contributed by atoms with van der Waals surface area (Å²) in [6.07, 6.45) is -1.40. The molecule has 0 spiro atoms. The van der Waals surface area contributed by atoms with Crippen molar-refractivity contribution < 1.29 is 22.4 Å². The molecule has 1 aliphatic heterocycles. The molecule has 3 N–H and O–H groups in total. The number of fused-ring (bicyclic) bond motifs is 1. The van der Waals surface area contributed by atoms with E-state index in [-0.39, 0.29) is 18.5 Å². The first-order chi connectivity index (χ1) is 15.1. The van der Waals surface area contributed by atoms with Crippen molar-refractivity contribution in [3.8, 4) is 0 Å². The lowest BCUT2D eigenvalue weighted by atomic mass is 10.0. The first kappa shape index (κ1) is 23.9. The van der Waals surface area contributed by atoms with E-state index >= 15 is 0 Å². The van der Waals surface area contributed by atoms with Gasteiger partial charge in [0, 0.05) is 19.2 Å². The van der Waals surface area contributed by atoms with E-state index in [2.05, 4.69) is 29.1 Å². The van der Waals surface area contributed by atoms with Crippen LogP contribution in [0.25, 0.3) is 0 Å². The van der Waals surface area contributed by atoms with Gasteiger partial charge < -0.3 is 16.0 Å². The molecule has 174 valence electrons. The lowest BCUT2D eigenvalue weighted by Crippen LogP contribution is -2.44. The topological polar surface area (TPSA) is 84.1 Å². The van der Waals surface area contributed by atoms with Crippen molar-refractivity contribution >= 4 is 6.03 Å². The van der Waals surface area contributed by atoms with E-state index in [9.17, 15) is 22.4 Å². The van der Waals surface area contributed by atoms with Crippen LogP contribution in [0, 0.1) is 11.7 Å². The van der Waals surface area contributed by atoms with Gasteiger partial charge >= 0.3 is 12.2 Å². The van der Waals surface area contributed by atoms with Gasteiger partial charge in [-0.2, -0.15) is 13.2 Å². The Morgan fingerprint density at radius 3 is 2.69 bits per heavy atom. The Labute approximate surface area is 184 Å². The zero-order chi connectivity index (χ0) is 23.5. The molecule has 0 unspecified atom stereocenters. The lowest BCUT2D eigenvalue weighted by Gasteiger charge is -2.30. The van der Waals surface area contributed by atoms with Gasteiger partial charge in [-0.1, -0.05) is 19.9 Å². The molecule has 2 aromatic rings. The van der Waals surface area contributed by atoms with Gasteiger partial charge in [-0.25, -0.2) is 19.2 Å². The average Bonchev–Trinajstić information content (AvgIpc) is 2.71. The predicted molar refractivity (Wildman–Crippen MR) is 111 cm³/mol. The normalized spacial score (nSPS) is 14.9. The first-order valence-corrected chi connectivity index (χ1v) is 10.5. The molecule has 0 bridgehead atoms. The maximum absolute atomic E-state index is 14.0. The van der Waals surface area contributed by atoms with E-state index in [1.165, 1.54) is 6.07 Å². The molecule has 1 aromatic carbocycles. The van der Waals surface area contributed by atoms with Crippen molar-refractivity contribution in [3.05, 3.63) is 58.4 Å². The molecule has 2 amide bonds. The van der Waals surface area contributed by atoms with Gasteiger partial charge in [-0.3, -0.25) is 0 Å². The van der Waals surface area contributed by atoms with E-state index in [0.717, 1.165) is 29.6 Å². The number of nitrogens with zero attached hydrogens (tertiary/aromatic N) is 3. The number of carbonyl (C=O) groups is 1. The summed E-state index contributed by atoms with van der Waals surface area (Å²) in [5.41, 5.74) is 6.28. The number of halogens is 4. The zero-order valence-corrected chi connectivity index (χ0v) is 18.0. The van der Waals surface area contributed by atoms with Crippen LogP contribution in [0.1, 0.15) is 54.5 Å². The Bertz CT molecular complexity index is 964. The van der Waals surface area contributed by atoms with Crippen LogP contribution < -0.4 is 11.1 Å². The number of nitrogens with one attached hydrogen (secondary N) is 1. The van der Waals surface area contributed by atoms with Crippen molar-refractivity contribution in [1.29, 1.82) is 0 Å². The van der Waals surface area contributed by atoms with E-state index in [4.69, 9.17) is 5.73 Å². The molecular weight excluding hydrogens is 426 g/mol. The molecule has 2 heterocycles. The van der Waals surface area contributed by atoms with E-state index in [1.54, 1.807) is 11.1 Å². The predicted octanol–water partition coefficient (Wildman–Crippen LogP) is 3.99. The van der Waals surface area contributed by atoms with Crippen LogP contribution in [0.3, 0.4) is 0 Å². The fourth-order valence-corrected chi connectivity index (χ4v) is 3.69. The molecule has 6 nitrogen and oxygen atoms in total. The number of urea groups is 1. The van der Waals surface area contributed by atoms with Crippen LogP contribution in [0.15, 0.2) is 24.4 Å². The summed E-state index contributed by atoms with van der Waals surface area (Å²) in [6, 6.07) is 1.54. The number of alkyl halides is 3. The first-order valence-electron chi connectivity index (χ1n) is 10.5. The van der Waals surface area contributed by atoms with Gasteiger partial charge in [0.15, 0.2) is 0 Å². The number of benzene rings is 1. The number of amides is 2. The van der Waals surface area contributed by atoms with Crippen molar-refractivity contribution in [2.24, 2.45) is 11.7 Å². The molecule has 0 fully saturated rings. The number of nitrogens with two attached hydrogens (primary N) is 1. The van der Waals surface area contributed by atoms with Crippen LogP contribution in [-0.2, 0) is 25.6 Å². The molecule has 10 heteroatoms. The van der Waals surface area contributed by atoms with Gasteiger partial charge in [0.25, 0.3) is 0 Å². The van der Waals surface area contributed by atoms with E-state index < -0.39 is 29.6 Å². The molecule has 0 aliphatic carbocycles. The Kier molecular flexibility index (Phi) is 7.33. The highest BCUT2D eigenvalue weighted by Gasteiger charge is 2.34. The average molecular weight is 453 g/mol. The third-order valence-corrected chi connectivity index (χ3v) is 5.33. The lowest BCUT2D eigenvalue weighted by molar-refractivity contribution is -0.140. The largest absolute Gasteiger partial charge is 0.419 e. The highest BCUT2D eigenvalue weighted by molar-refractivity contribution is 5.75. The third kappa shape index (κ3) is 5.73. The summed E-state index contributed by atoms with van der Waals surface area (Å²) in [4.78, 5) is 23.5. The summed E-state index contributed by atoms with van der Waals surface area (Å²) in [6.45, 7) is 5.06. The fraction of sp³-hybridized carbons (Fsp3) is 0.500. The molecule has 0 radical (unpaired) electrons. The van der Waals surface area contributed by atoms with Crippen LogP contribution in [-0.4, -0.2) is 34.0 Å². The Morgan fingerprint density at radius 2 is 2.06 bits per heavy atom. The van der Waals surface area contributed by atoms with Gasteiger partial charge in [-0.15, -0.1) is 0 Å². The summed E-state index contributed by atoms with van der Waals surface area (Å²) in [7, 11) is 0. The number of carbonyl (C=O) groups excluding carboxylic acids is 1. The maximum Gasteiger partial charge on any atom is 0.419 e. The summed E-state index contributed by atoms with van der Waals surface area (Å²) in [5, 5.41) is 2.78. The number of hydrogen-bond acceptors (Lipinski definition) is 4. The van der Waals surface area contributed by atoms with Crippen LogP contribution in [0.4, 0.5) is 22.4 Å². The third-order valence-electron chi connectivity index (χ3n) is 5.33. The number of hydrogen-bond donors (Lipinski definition) is 2. The molecule has 0 saturated heterocycles. The minimum Gasteiger partial charge on any atom is -0.331 e. The summed E-state index contributed by atoms with van der Waals surface area (Å²) < 4.78 is 52.6. The molecule has 1 aromatic heterocycles. The Morgan fingerprint density at radius 1 is 1.31 bits per heavy atom.